The Kier molecular flexibility index (Phi) is 4.59. The molecule has 0 atom stereocenters. The zero-order chi connectivity index (χ0) is 10.6. The topological polar surface area (TPSA) is 20.3 Å². The second-order valence-corrected chi connectivity index (χ2v) is 4.34. The summed E-state index contributed by atoms with van der Waals surface area (Å²) in [5, 5.41) is 0. The molecule has 82 valence electrons. The Hall–Kier alpha value is -0.370. The maximum absolute atomic E-state index is 11.2. The highest BCUT2D eigenvalue weighted by Gasteiger charge is 2.26. The second kappa shape index (κ2) is 5.50. The standard InChI is InChI=1S/C12H23NO/c1-4-13(5-2)12-8-6-11(7-9-12)10(3)14/h11-12H,4-9H2,1-3H3/t11-,12+. The highest BCUT2D eigenvalue weighted by atomic mass is 16.1. The maximum atomic E-state index is 11.2. The molecule has 0 amide bonds. The van der Waals surface area contributed by atoms with Crippen molar-refractivity contribution in [3.63, 3.8) is 0 Å². The molecule has 1 aliphatic rings. The number of rotatable bonds is 4. The first-order chi connectivity index (χ1) is 6.69. The van der Waals surface area contributed by atoms with Crippen LogP contribution in [0, 0.1) is 5.92 Å². The van der Waals surface area contributed by atoms with Gasteiger partial charge in [-0.2, -0.15) is 0 Å². The summed E-state index contributed by atoms with van der Waals surface area (Å²) in [4.78, 5) is 13.7. The van der Waals surface area contributed by atoms with Crippen molar-refractivity contribution in [2.75, 3.05) is 13.1 Å². The van der Waals surface area contributed by atoms with Gasteiger partial charge >= 0.3 is 0 Å². The van der Waals surface area contributed by atoms with E-state index in [1.807, 2.05) is 0 Å². The number of hydrogen-bond acceptors (Lipinski definition) is 2. The van der Waals surface area contributed by atoms with Crippen molar-refractivity contribution in [3.8, 4) is 0 Å². The molecule has 1 aliphatic carbocycles. The normalized spacial score (nSPS) is 28.0. The molecule has 0 aromatic heterocycles. The van der Waals surface area contributed by atoms with Gasteiger partial charge in [-0.1, -0.05) is 13.8 Å². The lowest BCUT2D eigenvalue weighted by Gasteiger charge is -2.35. The fourth-order valence-corrected chi connectivity index (χ4v) is 2.59. The van der Waals surface area contributed by atoms with Crippen LogP contribution in [-0.4, -0.2) is 29.8 Å². The number of Topliss-reactive ketones (excluding diaryl/α,β-unsaturated/α-hetero) is 1. The molecular weight excluding hydrogens is 174 g/mol. The molecule has 0 aromatic carbocycles. The van der Waals surface area contributed by atoms with Gasteiger partial charge in [0.25, 0.3) is 0 Å². The molecule has 2 heteroatoms. The lowest BCUT2D eigenvalue weighted by molar-refractivity contribution is -0.122. The van der Waals surface area contributed by atoms with Gasteiger partial charge in [-0.15, -0.1) is 0 Å². The van der Waals surface area contributed by atoms with E-state index in [0.29, 0.717) is 11.7 Å². The molecule has 1 fully saturated rings. The van der Waals surface area contributed by atoms with Gasteiger partial charge in [-0.3, -0.25) is 4.79 Å². The summed E-state index contributed by atoms with van der Waals surface area (Å²) in [6.07, 6.45) is 4.64. The quantitative estimate of drug-likeness (QED) is 0.690. The smallest absolute Gasteiger partial charge is 0.132 e. The molecule has 0 unspecified atom stereocenters. The van der Waals surface area contributed by atoms with E-state index in [0.717, 1.165) is 32.0 Å². The summed E-state index contributed by atoms with van der Waals surface area (Å²) in [6, 6.07) is 0.737. The monoisotopic (exact) mass is 197 g/mol. The third kappa shape index (κ3) is 2.81. The third-order valence-electron chi connectivity index (χ3n) is 3.60. The van der Waals surface area contributed by atoms with Crippen LogP contribution in [0.15, 0.2) is 0 Å². The first kappa shape index (κ1) is 11.7. The molecule has 0 radical (unpaired) electrons. The molecule has 0 aromatic rings. The maximum Gasteiger partial charge on any atom is 0.132 e. The van der Waals surface area contributed by atoms with Gasteiger partial charge in [-0.25, -0.2) is 0 Å². The van der Waals surface area contributed by atoms with Crippen molar-refractivity contribution >= 4 is 5.78 Å². The predicted octanol–water partition coefficient (Wildman–Crippen LogP) is 2.48. The van der Waals surface area contributed by atoms with Gasteiger partial charge in [0.2, 0.25) is 0 Å². The van der Waals surface area contributed by atoms with Crippen LogP contribution in [0.2, 0.25) is 0 Å². The molecule has 0 aliphatic heterocycles. The minimum atomic E-state index is 0.363. The van der Waals surface area contributed by atoms with Gasteiger partial charge in [0.05, 0.1) is 0 Å². The molecule has 0 bridgehead atoms. The predicted molar refractivity (Wildman–Crippen MR) is 59.3 cm³/mol. The van der Waals surface area contributed by atoms with E-state index in [1.165, 1.54) is 12.8 Å². The Morgan fingerprint density at radius 1 is 1.14 bits per heavy atom. The first-order valence-electron chi connectivity index (χ1n) is 5.93. The summed E-state index contributed by atoms with van der Waals surface area (Å²) in [6.45, 7) is 8.47. The van der Waals surface area contributed by atoms with Crippen LogP contribution in [0.5, 0.6) is 0 Å². The summed E-state index contributed by atoms with van der Waals surface area (Å²) < 4.78 is 0. The minimum Gasteiger partial charge on any atom is -0.301 e. The molecule has 1 saturated carbocycles. The molecule has 1 rings (SSSR count). The average molecular weight is 197 g/mol. The fraction of sp³-hybridized carbons (Fsp3) is 0.917. The fourth-order valence-electron chi connectivity index (χ4n) is 2.59. The Morgan fingerprint density at radius 2 is 1.64 bits per heavy atom. The Morgan fingerprint density at radius 3 is 2.00 bits per heavy atom. The molecular formula is C12H23NO. The number of carbonyl (C=O) groups excluding carboxylic acids is 1. The van der Waals surface area contributed by atoms with Gasteiger partial charge in [0.15, 0.2) is 0 Å². The van der Waals surface area contributed by atoms with Gasteiger partial charge in [-0.05, 0) is 45.7 Å². The molecule has 0 spiro atoms. The van der Waals surface area contributed by atoms with Crippen molar-refractivity contribution in [3.05, 3.63) is 0 Å². The van der Waals surface area contributed by atoms with Crippen LogP contribution >= 0.6 is 0 Å². The molecule has 0 heterocycles. The lowest BCUT2D eigenvalue weighted by atomic mass is 9.83. The highest BCUT2D eigenvalue weighted by Crippen LogP contribution is 2.27. The van der Waals surface area contributed by atoms with E-state index in [-0.39, 0.29) is 0 Å². The van der Waals surface area contributed by atoms with Crippen LogP contribution in [0.25, 0.3) is 0 Å². The summed E-state index contributed by atoms with van der Waals surface area (Å²) in [7, 11) is 0. The van der Waals surface area contributed by atoms with E-state index in [9.17, 15) is 4.79 Å². The minimum absolute atomic E-state index is 0.363. The zero-order valence-electron chi connectivity index (χ0n) is 9.75. The first-order valence-corrected chi connectivity index (χ1v) is 5.93. The Labute approximate surface area is 87.7 Å². The Bertz CT molecular complexity index is 179. The largest absolute Gasteiger partial charge is 0.301 e. The van der Waals surface area contributed by atoms with Crippen LogP contribution < -0.4 is 0 Å². The van der Waals surface area contributed by atoms with Gasteiger partial charge in [0, 0.05) is 12.0 Å². The van der Waals surface area contributed by atoms with E-state index in [4.69, 9.17) is 0 Å². The van der Waals surface area contributed by atoms with E-state index in [2.05, 4.69) is 18.7 Å². The second-order valence-electron chi connectivity index (χ2n) is 4.34. The van der Waals surface area contributed by atoms with Crippen LogP contribution in [-0.2, 0) is 4.79 Å². The lowest BCUT2D eigenvalue weighted by Crippen LogP contribution is -2.38. The SMILES string of the molecule is CCN(CC)[C@H]1CC[C@@H](C(C)=O)CC1. The average Bonchev–Trinajstić information content (AvgIpc) is 2.20. The summed E-state index contributed by atoms with van der Waals surface area (Å²) >= 11 is 0. The summed E-state index contributed by atoms with van der Waals surface area (Å²) in [5.41, 5.74) is 0. The van der Waals surface area contributed by atoms with Crippen molar-refractivity contribution in [2.24, 2.45) is 5.92 Å². The van der Waals surface area contributed by atoms with E-state index >= 15 is 0 Å². The van der Waals surface area contributed by atoms with Crippen molar-refractivity contribution in [1.29, 1.82) is 0 Å². The van der Waals surface area contributed by atoms with Crippen LogP contribution in [0.4, 0.5) is 0 Å². The number of hydrogen-bond donors (Lipinski definition) is 0. The van der Waals surface area contributed by atoms with Gasteiger partial charge in [0.1, 0.15) is 5.78 Å². The third-order valence-corrected chi connectivity index (χ3v) is 3.60. The van der Waals surface area contributed by atoms with E-state index in [1.54, 1.807) is 6.92 Å². The molecule has 0 saturated heterocycles. The van der Waals surface area contributed by atoms with Crippen molar-refractivity contribution < 1.29 is 4.79 Å². The van der Waals surface area contributed by atoms with Crippen molar-refractivity contribution in [1.82, 2.24) is 4.90 Å². The van der Waals surface area contributed by atoms with E-state index < -0.39 is 0 Å². The zero-order valence-corrected chi connectivity index (χ0v) is 9.75. The number of carbonyl (C=O) groups is 1. The van der Waals surface area contributed by atoms with Crippen LogP contribution in [0.1, 0.15) is 46.5 Å². The number of ketones is 1. The Balaban J connectivity index is 2.38. The molecule has 14 heavy (non-hydrogen) atoms. The van der Waals surface area contributed by atoms with Crippen molar-refractivity contribution in [2.45, 2.75) is 52.5 Å². The number of nitrogens with zero attached hydrogens (tertiary/aromatic N) is 1. The van der Waals surface area contributed by atoms with Crippen LogP contribution in [0.3, 0.4) is 0 Å². The molecule has 2 nitrogen and oxygen atoms in total. The highest BCUT2D eigenvalue weighted by molar-refractivity contribution is 5.78. The summed E-state index contributed by atoms with van der Waals surface area (Å²) in [5.74, 6) is 0.754. The molecule has 0 N–H and O–H groups in total. The van der Waals surface area contributed by atoms with Gasteiger partial charge < -0.3 is 4.90 Å².